The van der Waals surface area contributed by atoms with Gasteiger partial charge >= 0.3 is 0 Å². The minimum absolute atomic E-state index is 0. The Balaban J connectivity index is 0.00000243. The van der Waals surface area contributed by atoms with Gasteiger partial charge in [-0.25, -0.2) is 0 Å². The Morgan fingerprint density at radius 1 is 1.12 bits per heavy atom. The number of nitrogens with one attached hydrogen (secondary N) is 1. The van der Waals surface area contributed by atoms with Crippen LogP contribution in [0, 0.1) is 0 Å². The molecule has 0 atom stereocenters. The summed E-state index contributed by atoms with van der Waals surface area (Å²) in [5.41, 5.74) is 1.01. The van der Waals surface area contributed by atoms with Crippen molar-refractivity contribution in [1.29, 1.82) is 0 Å². The second-order valence-electron chi connectivity index (χ2n) is 6.98. The average Bonchev–Trinajstić information content (AvgIpc) is 3.33. The molecule has 1 aromatic rings. The van der Waals surface area contributed by atoms with Gasteiger partial charge in [0.2, 0.25) is 0 Å². The molecule has 0 bridgehead atoms. The summed E-state index contributed by atoms with van der Waals surface area (Å²) < 4.78 is 4.91. The summed E-state index contributed by atoms with van der Waals surface area (Å²) >= 11 is 0. The van der Waals surface area contributed by atoms with Crippen molar-refractivity contribution < 1.29 is 4.52 Å². The second kappa shape index (κ2) is 11.8. The van der Waals surface area contributed by atoms with Crippen LogP contribution >= 0.6 is 24.0 Å². The van der Waals surface area contributed by atoms with Crippen LogP contribution in [0.3, 0.4) is 0 Å². The Kier molecular flexibility index (Phi) is 9.69. The molecule has 3 rings (SSSR count). The monoisotopic (exact) mass is 476 g/mol. The van der Waals surface area contributed by atoms with E-state index >= 15 is 0 Å². The van der Waals surface area contributed by atoms with E-state index in [1.807, 2.05) is 13.1 Å². The fourth-order valence-corrected chi connectivity index (χ4v) is 3.67. The molecule has 148 valence electrons. The third kappa shape index (κ3) is 6.70. The maximum Gasteiger partial charge on any atom is 0.193 e. The zero-order chi connectivity index (χ0) is 17.3. The van der Waals surface area contributed by atoms with E-state index in [0.717, 1.165) is 50.9 Å². The standard InChI is InChI=1S/C18H32N6O.HI/c1-19-18(20-7-2-3-8-22-9-4-5-10-22)24-13-11-23(12-14-24)16-17-6-15-25-21-17;/h6,15H,2-5,7-14,16H2,1H3,(H,19,20);1H. The quantitative estimate of drug-likeness (QED) is 0.281. The first-order chi connectivity index (χ1) is 12.3. The molecule has 1 N–H and O–H groups in total. The minimum Gasteiger partial charge on any atom is -0.364 e. The summed E-state index contributed by atoms with van der Waals surface area (Å²) in [6, 6.07) is 1.94. The number of aromatic nitrogens is 1. The zero-order valence-corrected chi connectivity index (χ0v) is 18.2. The highest BCUT2D eigenvalue weighted by Crippen LogP contribution is 2.09. The zero-order valence-electron chi connectivity index (χ0n) is 15.9. The first-order valence-electron chi connectivity index (χ1n) is 9.65. The maximum absolute atomic E-state index is 4.91. The van der Waals surface area contributed by atoms with Crippen molar-refractivity contribution in [2.45, 2.75) is 32.2 Å². The molecule has 26 heavy (non-hydrogen) atoms. The molecule has 0 spiro atoms. The Bertz CT molecular complexity index is 510. The SMILES string of the molecule is CN=C(NCCCCN1CCCC1)N1CCN(Cc2ccon2)CC1.I. The van der Waals surface area contributed by atoms with E-state index in [1.165, 1.54) is 45.3 Å². The van der Waals surface area contributed by atoms with Crippen molar-refractivity contribution in [3.8, 4) is 0 Å². The summed E-state index contributed by atoms with van der Waals surface area (Å²) in [7, 11) is 1.88. The van der Waals surface area contributed by atoms with Gasteiger partial charge in [-0.3, -0.25) is 9.89 Å². The topological polar surface area (TPSA) is 60.1 Å². The summed E-state index contributed by atoms with van der Waals surface area (Å²) in [4.78, 5) is 11.8. The molecule has 0 unspecified atom stereocenters. The number of aliphatic imine (C=N–C) groups is 1. The van der Waals surface area contributed by atoms with E-state index in [2.05, 4.69) is 30.2 Å². The predicted octanol–water partition coefficient (Wildman–Crippen LogP) is 1.86. The number of piperazine rings is 1. The number of hydrogen-bond acceptors (Lipinski definition) is 5. The Labute approximate surface area is 174 Å². The number of rotatable bonds is 7. The van der Waals surface area contributed by atoms with Gasteiger partial charge in [-0.15, -0.1) is 24.0 Å². The van der Waals surface area contributed by atoms with Gasteiger partial charge in [-0.1, -0.05) is 5.16 Å². The van der Waals surface area contributed by atoms with Crippen LogP contribution in [0.1, 0.15) is 31.4 Å². The third-order valence-electron chi connectivity index (χ3n) is 5.14. The fourth-order valence-electron chi connectivity index (χ4n) is 3.67. The van der Waals surface area contributed by atoms with Crippen LogP contribution in [-0.4, -0.2) is 85.2 Å². The number of likely N-dealkylation sites (tertiary alicyclic amines) is 1. The van der Waals surface area contributed by atoms with Gasteiger partial charge in [0.25, 0.3) is 0 Å². The predicted molar refractivity (Wildman–Crippen MR) is 115 cm³/mol. The normalized spacial score (nSPS) is 19.6. The van der Waals surface area contributed by atoms with Gasteiger partial charge in [-0.2, -0.15) is 0 Å². The van der Waals surface area contributed by atoms with E-state index in [4.69, 9.17) is 4.52 Å². The number of halogens is 1. The molecule has 0 radical (unpaired) electrons. The van der Waals surface area contributed by atoms with Crippen LogP contribution in [0.2, 0.25) is 0 Å². The van der Waals surface area contributed by atoms with Crippen LogP contribution in [0.25, 0.3) is 0 Å². The van der Waals surface area contributed by atoms with E-state index in [0.29, 0.717) is 0 Å². The summed E-state index contributed by atoms with van der Waals surface area (Å²) in [6.45, 7) is 9.80. The van der Waals surface area contributed by atoms with Gasteiger partial charge in [0.05, 0.1) is 5.69 Å². The van der Waals surface area contributed by atoms with E-state index in [-0.39, 0.29) is 24.0 Å². The van der Waals surface area contributed by atoms with Gasteiger partial charge < -0.3 is 19.6 Å². The highest BCUT2D eigenvalue weighted by Gasteiger charge is 2.20. The summed E-state index contributed by atoms with van der Waals surface area (Å²) in [5.74, 6) is 1.04. The van der Waals surface area contributed by atoms with Crippen molar-refractivity contribution >= 4 is 29.9 Å². The molecule has 2 fully saturated rings. The van der Waals surface area contributed by atoms with Gasteiger partial charge in [0.15, 0.2) is 5.96 Å². The molecular formula is C18H33IN6O. The minimum atomic E-state index is 0. The average molecular weight is 476 g/mol. The Hall–Kier alpha value is -0.870. The summed E-state index contributed by atoms with van der Waals surface area (Å²) in [5, 5.41) is 7.53. The molecule has 8 heteroatoms. The number of unbranched alkanes of at least 4 members (excludes halogenated alkanes) is 1. The van der Waals surface area contributed by atoms with Crippen LogP contribution in [0.4, 0.5) is 0 Å². The number of nitrogens with zero attached hydrogens (tertiary/aromatic N) is 5. The van der Waals surface area contributed by atoms with Crippen LogP contribution < -0.4 is 5.32 Å². The molecule has 0 saturated carbocycles. The lowest BCUT2D eigenvalue weighted by molar-refractivity contribution is 0.169. The molecule has 0 aromatic carbocycles. The van der Waals surface area contributed by atoms with Crippen molar-refractivity contribution in [2.75, 3.05) is 59.4 Å². The summed E-state index contributed by atoms with van der Waals surface area (Å²) in [6.07, 6.45) is 6.89. The van der Waals surface area contributed by atoms with Crippen LogP contribution in [0.15, 0.2) is 21.8 Å². The Morgan fingerprint density at radius 3 is 2.54 bits per heavy atom. The molecule has 2 aliphatic rings. The van der Waals surface area contributed by atoms with E-state index < -0.39 is 0 Å². The van der Waals surface area contributed by atoms with Crippen molar-refractivity contribution in [3.05, 3.63) is 18.0 Å². The van der Waals surface area contributed by atoms with Gasteiger partial charge in [-0.05, 0) is 45.3 Å². The van der Waals surface area contributed by atoms with Crippen molar-refractivity contribution in [2.24, 2.45) is 4.99 Å². The molecule has 2 saturated heterocycles. The Morgan fingerprint density at radius 2 is 1.88 bits per heavy atom. The second-order valence-corrected chi connectivity index (χ2v) is 6.98. The van der Waals surface area contributed by atoms with Crippen LogP contribution in [-0.2, 0) is 6.54 Å². The van der Waals surface area contributed by atoms with E-state index in [9.17, 15) is 0 Å². The molecule has 7 nitrogen and oxygen atoms in total. The lowest BCUT2D eigenvalue weighted by atomic mass is 10.3. The molecule has 2 aliphatic heterocycles. The largest absolute Gasteiger partial charge is 0.364 e. The highest BCUT2D eigenvalue weighted by molar-refractivity contribution is 14.0. The maximum atomic E-state index is 4.91. The highest BCUT2D eigenvalue weighted by atomic mass is 127. The fraction of sp³-hybridized carbons (Fsp3) is 0.778. The number of guanidine groups is 1. The number of hydrogen-bond donors (Lipinski definition) is 1. The molecular weight excluding hydrogens is 443 g/mol. The lowest BCUT2D eigenvalue weighted by Gasteiger charge is -2.36. The van der Waals surface area contributed by atoms with E-state index in [1.54, 1.807) is 6.26 Å². The first-order valence-corrected chi connectivity index (χ1v) is 9.65. The third-order valence-corrected chi connectivity index (χ3v) is 5.14. The van der Waals surface area contributed by atoms with Gasteiger partial charge in [0.1, 0.15) is 6.26 Å². The van der Waals surface area contributed by atoms with Crippen molar-refractivity contribution in [1.82, 2.24) is 25.2 Å². The van der Waals surface area contributed by atoms with Crippen LogP contribution in [0.5, 0.6) is 0 Å². The lowest BCUT2D eigenvalue weighted by Crippen LogP contribution is -2.52. The van der Waals surface area contributed by atoms with Crippen molar-refractivity contribution in [3.63, 3.8) is 0 Å². The first kappa shape index (κ1) is 21.4. The smallest absolute Gasteiger partial charge is 0.193 e. The van der Waals surface area contributed by atoms with Gasteiger partial charge in [0, 0.05) is 52.4 Å². The molecule has 3 heterocycles. The molecule has 0 aliphatic carbocycles. The molecule has 1 aromatic heterocycles. The molecule has 0 amide bonds.